The zero-order valence-electron chi connectivity index (χ0n) is 12.8. The van der Waals surface area contributed by atoms with E-state index in [9.17, 15) is 0 Å². The summed E-state index contributed by atoms with van der Waals surface area (Å²) >= 11 is 17.5. The van der Waals surface area contributed by atoms with Crippen LogP contribution in [0.25, 0.3) is 11.4 Å². The first-order chi connectivity index (χ1) is 11.6. The predicted molar refractivity (Wildman–Crippen MR) is 102 cm³/mol. The van der Waals surface area contributed by atoms with Gasteiger partial charge in [-0.1, -0.05) is 54.4 Å². The van der Waals surface area contributed by atoms with Crippen LogP contribution in [0.15, 0.2) is 47.6 Å². The van der Waals surface area contributed by atoms with Crippen molar-refractivity contribution in [1.29, 1.82) is 0 Å². The Labute approximate surface area is 154 Å². The van der Waals surface area contributed by atoms with Gasteiger partial charge in [-0.15, -0.1) is 0 Å². The summed E-state index contributed by atoms with van der Waals surface area (Å²) in [5.41, 5.74) is 2.95. The van der Waals surface area contributed by atoms with Crippen molar-refractivity contribution >= 4 is 41.6 Å². The molecule has 0 atom stereocenters. The zero-order valence-corrected chi connectivity index (χ0v) is 15.2. The number of hydrogen-bond donors (Lipinski definition) is 1. The second-order valence-electron chi connectivity index (χ2n) is 5.13. The van der Waals surface area contributed by atoms with Crippen LogP contribution in [0.1, 0.15) is 18.1 Å². The van der Waals surface area contributed by atoms with Crippen LogP contribution in [0, 0.1) is 4.77 Å². The first-order valence-electron chi connectivity index (χ1n) is 7.34. The third kappa shape index (κ3) is 3.59. The van der Waals surface area contributed by atoms with Gasteiger partial charge in [0.05, 0.1) is 11.2 Å². The maximum Gasteiger partial charge on any atom is 0.216 e. The van der Waals surface area contributed by atoms with Crippen molar-refractivity contribution in [2.24, 2.45) is 5.10 Å². The van der Waals surface area contributed by atoms with Crippen LogP contribution in [0.3, 0.4) is 0 Å². The molecule has 3 rings (SSSR count). The highest BCUT2D eigenvalue weighted by Crippen LogP contribution is 2.29. The molecule has 0 radical (unpaired) electrons. The highest BCUT2D eigenvalue weighted by molar-refractivity contribution is 7.71. The van der Waals surface area contributed by atoms with Crippen LogP contribution in [-0.4, -0.2) is 21.1 Å². The molecule has 122 valence electrons. The number of halogens is 2. The van der Waals surface area contributed by atoms with Crippen LogP contribution in [0.4, 0.5) is 0 Å². The first kappa shape index (κ1) is 16.9. The van der Waals surface area contributed by atoms with Gasteiger partial charge in [0, 0.05) is 10.6 Å². The van der Waals surface area contributed by atoms with Crippen LogP contribution >= 0.6 is 35.4 Å². The second-order valence-corrected chi connectivity index (χ2v) is 6.36. The summed E-state index contributed by atoms with van der Waals surface area (Å²) in [6.07, 6.45) is 2.74. The third-order valence-corrected chi connectivity index (χ3v) is 4.34. The smallest absolute Gasteiger partial charge is 0.216 e. The molecule has 3 aromatic rings. The van der Waals surface area contributed by atoms with Gasteiger partial charge in [-0.25, -0.2) is 5.10 Å². The monoisotopic (exact) mass is 376 g/mol. The van der Waals surface area contributed by atoms with E-state index in [-0.39, 0.29) is 0 Å². The van der Waals surface area contributed by atoms with Gasteiger partial charge in [0.15, 0.2) is 5.82 Å². The lowest BCUT2D eigenvalue weighted by Gasteiger charge is -2.04. The normalized spacial score (nSPS) is 11.3. The molecule has 7 heteroatoms. The number of nitrogens with zero attached hydrogens (tertiary/aromatic N) is 3. The van der Waals surface area contributed by atoms with Gasteiger partial charge in [0.2, 0.25) is 4.77 Å². The molecule has 0 amide bonds. The summed E-state index contributed by atoms with van der Waals surface area (Å²) in [7, 11) is 0. The Kier molecular flexibility index (Phi) is 5.14. The van der Waals surface area contributed by atoms with Crippen molar-refractivity contribution in [1.82, 2.24) is 14.9 Å². The lowest BCUT2D eigenvalue weighted by molar-refractivity contribution is 0.871. The molecule has 0 fully saturated rings. The van der Waals surface area contributed by atoms with Crippen molar-refractivity contribution in [3.8, 4) is 11.4 Å². The van der Waals surface area contributed by atoms with Gasteiger partial charge in [0.1, 0.15) is 0 Å². The van der Waals surface area contributed by atoms with E-state index in [1.165, 1.54) is 10.2 Å². The SMILES string of the molecule is CCc1ccc(/C=N/n2c(-c3ccc(Cl)cc3Cl)n[nH]c2=S)cc1. The van der Waals surface area contributed by atoms with E-state index in [2.05, 4.69) is 34.4 Å². The van der Waals surface area contributed by atoms with Crippen LogP contribution in [0.2, 0.25) is 10.0 Å². The largest absolute Gasteiger partial charge is 0.250 e. The van der Waals surface area contributed by atoms with Crippen LogP contribution in [0.5, 0.6) is 0 Å². The zero-order chi connectivity index (χ0) is 17.1. The minimum absolute atomic E-state index is 0.387. The molecular formula is C17H14Cl2N4S. The Bertz CT molecular complexity index is 942. The number of hydrogen-bond acceptors (Lipinski definition) is 3. The molecule has 0 saturated heterocycles. The Morgan fingerprint density at radius 3 is 2.62 bits per heavy atom. The van der Waals surface area contributed by atoms with Crippen molar-refractivity contribution in [3.05, 3.63) is 68.4 Å². The van der Waals surface area contributed by atoms with Crippen molar-refractivity contribution in [2.75, 3.05) is 0 Å². The fourth-order valence-corrected chi connectivity index (χ4v) is 2.88. The molecule has 24 heavy (non-hydrogen) atoms. The van der Waals surface area contributed by atoms with E-state index in [0.29, 0.717) is 26.2 Å². The molecule has 1 aromatic heterocycles. The predicted octanol–water partition coefficient (Wildman–Crippen LogP) is 5.36. The van der Waals surface area contributed by atoms with Gasteiger partial charge in [-0.3, -0.25) is 0 Å². The number of rotatable bonds is 4. The summed E-state index contributed by atoms with van der Waals surface area (Å²) in [6, 6.07) is 13.4. The molecule has 1 N–H and O–H groups in total. The number of aromatic nitrogens is 3. The van der Waals surface area contributed by atoms with Gasteiger partial charge >= 0.3 is 0 Å². The maximum absolute atomic E-state index is 6.26. The average Bonchev–Trinajstić information content (AvgIpc) is 2.94. The van der Waals surface area contributed by atoms with Crippen molar-refractivity contribution in [3.63, 3.8) is 0 Å². The topological polar surface area (TPSA) is 46.0 Å². The molecule has 2 aromatic carbocycles. The summed E-state index contributed by atoms with van der Waals surface area (Å²) in [5.74, 6) is 0.531. The second kappa shape index (κ2) is 7.30. The quantitative estimate of drug-likeness (QED) is 0.492. The Morgan fingerprint density at radius 2 is 1.96 bits per heavy atom. The number of aromatic amines is 1. The lowest BCUT2D eigenvalue weighted by atomic mass is 10.1. The fraction of sp³-hybridized carbons (Fsp3) is 0.118. The molecule has 1 heterocycles. The minimum atomic E-state index is 0.387. The van der Waals surface area contributed by atoms with E-state index < -0.39 is 0 Å². The standard InChI is InChI=1S/C17H14Cl2N4S/c1-2-11-3-5-12(6-4-11)10-20-23-16(21-22-17(23)24)14-8-7-13(18)9-15(14)19/h3-10H,2H2,1H3,(H,22,24)/b20-10+. The number of H-pyrrole nitrogens is 1. The van der Waals surface area contributed by atoms with Crippen molar-refractivity contribution in [2.45, 2.75) is 13.3 Å². The van der Waals surface area contributed by atoms with E-state index in [1.807, 2.05) is 12.1 Å². The fourth-order valence-electron chi connectivity index (χ4n) is 2.21. The van der Waals surface area contributed by atoms with E-state index in [0.717, 1.165) is 12.0 Å². The highest BCUT2D eigenvalue weighted by Gasteiger charge is 2.12. The minimum Gasteiger partial charge on any atom is -0.250 e. The first-order valence-corrected chi connectivity index (χ1v) is 8.51. The Morgan fingerprint density at radius 1 is 1.21 bits per heavy atom. The molecule has 0 saturated carbocycles. The number of aryl methyl sites for hydroxylation is 1. The maximum atomic E-state index is 6.26. The van der Waals surface area contributed by atoms with Crippen LogP contribution < -0.4 is 0 Å². The summed E-state index contributed by atoms with van der Waals surface area (Å²) in [4.78, 5) is 0. The molecule has 0 aliphatic rings. The van der Waals surface area contributed by atoms with E-state index >= 15 is 0 Å². The summed E-state index contributed by atoms with van der Waals surface area (Å²) in [5, 5.41) is 12.4. The molecule has 0 unspecified atom stereocenters. The average molecular weight is 377 g/mol. The number of benzene rings is 2. The Hall–Kier alpha value is -1.95. The molecular weight excluding hydrogens is 363 g/mol. The van der Waals surface area contributed by atoms with E-state index in [4.69, 9.17) is 35.4 Å². The van der Waals surface area contributed by atoms with Gasteiger partial charge in [-0.2, -0.15) is 14.9 Å². The van der Waals surface area contributed by atoms with Crippen molar-refractivity contribution < 1.29 is 0 Å². The van der Waals surface area contributed by atoms with Gasteiger partial charge < -0.3 is 0 Å². The lowest BCUT2D eigenvalue weighted by Crippen LogP contribution is -1.96. The molecule has 4 nitrogen and oxygen atoms in total. The van der Waals surface area contributed by atoms with Crippen LogP contribution in [-0.2, 0) is 6.42 Å². The Balaban J connectivity index is 1.98. The molecule has 0 aliphatic carbocycles. The summed E-state index contributed by atoms with van der Waals surface area (Å²) in [6.45, 7) is 2.12. The van der Waals surface area contributed by atoms with E-state index in [1.54, 1.807) is 24.4 Å². The highest BCUT2D eigenvalue weighted by atomic mass is 35.5. The summed E-state index contributed by atoms with van der Waals surface area (Å²) < 4.78 is 1.93. The molecule has 0 aliphatic heterocycles. The van der Waals surface area contributed by atoms with Gasteiger partial charge in [-0.05, 0) is 48.0 Å². The molecule has 0 spiro atoms. The van der Waals surface area contributed by atoms with Gasteiger partial charge in [0.25, 0.3) is 0 Å². The third-order valence-electron chi connectivity index (χ3n) is 3.53. The molecule has 0 bridgehead atoms. The number of nitrogens with one attached hydrogen (secondary N) is 1.